The van der Waals surface area contributed by atoms with Crippen molar-refractivity contribution in [1.29, 1.82) is 0 Å². The first-order valence-corrected chi connectivity index (χ1v) is 3.89. The second-order valence-corrected chi connectivity index (χ2v) is 2.55. The van der Waals surface area contributed by atoms with Crippen LogP contribution in [0.2, 0.25) is 0 Å². The fraction of sp³-hybridized carbons (Fsp3) is 0.714. The van der Waals surface area contributed by atoms with E-state index in [9.17, 15) is 0 Å². The molecule has 0 aliphatic rings. The van der Waals surface area contributed by atoms with E-state index in [0.717, 1.165) is 12.0 Å². The Kier molecular flexibility index (Phi) is 5.69. The van der Waals surface area contributed by atoms with Crippen molar-refractivity contribution in [3.05, 3.63) is 11.6 Å². The minimum absolute atomic E-state index is 0.0926. The van der Waals surface area contributed by atoms with Crippen LogP contribution in [0, 0.1) is 0 Å². The van der Waals surface area contributed by atoms with E-state index in [4.69, 9.17) is 11.6 Å². The lowest BCUT2D eigenvalue weighted by atomic mass is 10.2. The van der Waals surface area contributed by atoms with Gasteiger partial charge < -0.3 is 0 Å². The van der Waals surface area contributed by atoms with Crippen LogP contribution in [0.4, 0.5) is 0 Å². The summed E-state index contributed by atoms with van der Waals surface area (Å²) >= 11 is 5.87. The maximum Gasteiger partial charge on any atom is 0.116 e. The third kappa shape index (κ3) is 3.88. The molecule has 0 aromatic heterocycles. The molecule has 0 aromatic rings. The van der Waals surface area contributed by atoms with Crippen LogP contribution in [0.25, 0.3) is 0 Å². The molecule has 0 aliphatic carbocycles. The standard InChI is InChI=1S/C7H15ClN2/c1-4-5-6(2)7(8)10-9-3/h5,7,9-10H,4H2,1-3H3/b6-5+. The normalized spacial score (nSPS) is 15.4. The number of alkyl halides is 1. The van der Waals surface area contributed by atoms with Crippen LogP contribution in [0.15, 0.2) is 11.6 Å². The number of allylic oxidation sites excluding steroid dienone is 1. The topological polar surface area (TPSA) is 24.1 Å². The lowest BCUT2D eigenvalue weighted by molar-refractivity contribution is 0.599. The van der Waals surface area contributed by atoms with Gasteiger partial charge in [-0.25, -0.2) is 5.43 Å². The second-order valence-electron chi connectivity index (χ2n) is 2.11. The number of hydrogen-bond acceptors (Lipinski definition) is 2. The SMILES string of the molecule is CC/C=C(\C)C(Cl)NNC. The quantitative estimate of drug-likeness (QED) is 0.284. The van der Waals surface area contributed by atoms with E-state index >= 15 is 0 Å². The molecule has 0 aromatic carbocycles. The summed E-state index contributed by atoms with van der Waals surface area (Å²) in [6.45, 7) is 4.10. The predicted octanol–water partition coefficient (Wildman–Crippen LogP) is 1.63. The molecule has 0 spiro atoms. The fourth-order valence-electron chi connectivity index (χ4n) is 0.666. The Morgan fingerprint density at radius 2 is 2.30 bits per heavy atom. The van der Waals surface area contributed by atoms with Gasteiger partial charge in [-0.2, -0.15) is 0 Å². The highest BCUT2D eigenvalue weighted by molar-refractivity contribution is 6.22. The van der Waals surface area contributed by atoms with Crippen LogP contribution in [-0.2, 0) is 0 Å². The summed E-state index contributed by atoms with van der Waals surface area (Å²) in [4.78, 5) is 0. The van der Waals surface area contributed by atoms with Crippen LogP contribution >= 0.6 is 11.6 Å². The molecule has 0 rings (SSSR count). The van der Waals surface area contributed by atoms with Crippen molar-refractivity contribution >= 4 is 11.6 Å². The molecule has 0 amide bonds. The molecule has 60 valence electrons. The zero-order valence-electron chi connectivity index (χ0n) is 6.74. The fourth-order valence-corrected chi connectivity index (χ4v) is 0.864. The van der Waals surface area contributed by atoms with Gasteiger partial charge in [0.25, 0.3) is 0 Å². The molecule has 1 unspecified atom stereocenters. The Morgan fingerprint density at radius 3 is 2.70 bits per heavy atom. The summed E-state index contributed by atoms with van der Waals surface area (Å²) in [5.41, 5.74) is 6.72. The van der Waals surface area contributed by atoms with Crippen molar-refractivity contribution in [2.45, 2.75) is 25.8 Å². The van der Waals surface area contributed by atoms with Gasteiger partial charge >= 0.3 is 0 Å². The van der Waals surface area contributed by atoms with Gasteiger partial charge in [-0.1, -0.05) is 24.6 Å². The van der Waals surface area contributed by atoms with E-state index in [1.807, 2.05) is 6.92 Å². The van der Waals surface area contributed by atoms with Crippen molar-refractivity contribution in [3.8, 4) is 0 Å². The maximum absolute atomic E-state index is 5.87. The van der Waals surface area contributed by atoms with E-state index in [0.29, 0.717) is 0 Å². The van der Waals surface area contributed by atoms with Gasteiger partial charge in [-0.3, -0.25) is 5.43 Å². The van der Waals surface area contributed by atoms with Crippen LogP contribution in [0.1, 0.15) is 20.3 Å². The minimum atomic E-state index is -0.0926. The number of nitrogens with one attached hydrogen (secondary N) is 2. The number of halogens is 1. The number of rotatable bonds is 4. The first-order chi connectivity index (χ1) is 4.72. The average molecular weight is 163 g/mol. The molecule has 0 radical (unpaired) electrons. The molecule has 0 bridgehead atoms. The van der Waals surface area contributed by atoms with E-state index in [2.05, 4.69) is 23.9 Å². The Bertz CT molecular complexity index is 112. The summed E-state index contributed by atoms with van der Waals surface area (Å²) < 4.78 is 0. The molecule has 0 saturated heterocycles. The van der Waals surface area contributed by atoms with Crippen LogP contribution in [0.5, 0.6) is 0 Å². The summed E-state index contributed by atoms with van der Waals surface area (Å²) in [5, 5.41) is 0. The molecule has 10 heavy (non-hydrogen) atoms. The molecular formula is C7H15ClN2. The van der Waals surface area contributed by atoms with E-state index in [1.165, 1.54) is 0 Å². The molecule has 3 heteroatoms. The average Bonchev–Trinajstić information content (AvgIpc) is 1.89. The highest BCUT2D eigenvalue weighted by atomic mass is 35.5. The Morgan fingerprint density at radius 1 is 1.70 bits per heavy atom. The lowest BCUT2D eigenvalue weighted by Gasteiger charge is -2.10. The zero-order valence-corrected chi connectivity index (χ0v) is 7.50. The summed E-state index contributed by atoms with van der Waals surface area (Å²) in [5.74, 6) is 0. The second kappa shape index (κ2) is 5.71. The monoisotopic (exact) mass is 162 g/mol. The molecule has 2 nitrogen and oxygen atoms in total. The van der Waals surface area contributed by atoms with E-state index < -0.39 is 0 Å². The van der Waals surface area contributed by atoms with Crippen LogP contribution in [0.3, 0.4) is 0 Å². The van der Waals surface area contributed by atoms with Crippen molar-refractivity contribution < 1.29 is 0 Å². The highest BCUT2D eigenvalue weighted by Crippen LogP contribution is 2.05. The molecular weight excluding hydrogens is 148 g/mol. The van der Waals surface area contributed by atoms with Crippen LogP contribution < -0.4 is 10.9 Å². The Labute approximate surface area is 67.6 Å². The lowest BCUT2D eigenvalue weighted by Crippen LogP contribution is -2.35. The maximum atomic E-state index is 5.87. The van der Waals surface area contributed by atoms with Crippen molar-refractivity contribution in [2.75, 3.05) is 7.05 Å². The first kappa shape index (κ1) is 9.95. The number of hydrogen-bond donors (Lipinski definition) is 2. The van der Waals surface area contributed by atoms with Gasteiger partial charge in [0.15, 0.2) is 0 Å². The van der Waals surface area contributed by atoms with E-state index in [1.54, 1.807) is 7.05 Å². The van der Waals surface area contributed by atoms with Gasteiger partial charge in [0, 0.05) is 0 Å². The first-order valence-electron chi connectivity index (χ1n) is 3.45. The Balaban J connectivity index is 3.69. The number of hydrazine groups is 1. The van der Waals surface area contributed by atoms with Crippen molar-refractivity contribution in [3.63, 3.8) is 0 Å². The predicted molar refractivity (Wildman–Crippen MR) is 45.9 cm³/mol. The van der Waals surface area contributed by atoms with Gasteiger partial charge in [0.2, 0.25) is 0 Å². The summed E-state index contributed by atoms with van der Waals surface area (Å²) in [7, 11) is 1.80. The van der Waals surface area contributed by atoms with Gasteiger partial charge in [-0.05, 0) is 26.0 Å². The Hall–Kier alpha value is -0.0500. The molecule has 0 aliphatic heterocycles. The largest absolute Gasteiger partial charge is 0.259 e. The third-order valence-electron chi connectivity index (χ3n) is 1.20. The molecule has 0 fully saturated rings. The zero-order chi connectivity index (χ0) is 7.98. The van der Waals surface area contributed by atoms with Crippen LogP contribution in [-0.4, -0.2) is 12.5 Å². The molecule has 0 saturated carbocycles. The molecule has 1 atom stereocenters. The highest BCUT2D eigenvalue weighted by Gasteiger charge is 2.01. The van der Waals surface area contributed by atoms with Gasteiger partial charge in [0.1, 0.15) is 5.50 Å². The van der Waals surface area contributed by atoms with Crippen molar-refractivity contribution in [2.24, 2.45) is 0 Å². The minimum Gasteiger partial charge on any atom is -0.259 e. The third-order valence-corrected chi connectivity index (χ3v) is 1.65. The van der Waals surface area contributed by atoms with Gasteiger partial charge in [0.05, 0.1) is 0 Å². The van der Waals surface area contributed by atoms with E-state index in [-0.39, 0.29) is 5.50 Å². The van der Waals surface area contributed by atoms with Crippen molar-refractivity contribution in [1.82, 2.24) is 10.9 Å². The van der Waals surface area contributed by atoms with Gasteiger partial charge in [-0.15, -0.1) is 0 Å². The molecule has 0 heterocycles. The summed E-state index contributed by atoms with van der Waals surface area (Å²) in [6, 6.07) is 0. The molecule has 2 N–H and O–H groups in total. The smallest absolute Gasteiger partial charge is 0.116 e. The summed E-state index contributed by atoms with van der Waals surface area (Å²) in [6.07, 6.45) is 3.13.